The van der Waals surface area contributed by atoms with E-state index in [-0.39, 0.29) is 31.3 Å². The summed E-state index contributed by atoms with van der Waals surface area (Å²) >= 11 is 0. The standard InChI is InChI=1S/C16H28O8/c1-8(2)5-11(17)22-7-10-13(19)14(20)15(21)16(23-10)24-12(18)6-9(3)4/h8-10,13-16,19-21H,5-7H2,1-4H3/t10-,13-,14+,15-,16+/m1/s1. The average Bonchev–Trinajstić information content (AvgIpc) is 2.45. The van der Waals surface area contributed by atoms with Crippen molar-refractivity contribution in [2.45, 2.75) is 71.2 Å². The van der Waals surface area contributed by atoms with Crippen molar-refractivity contribution in [2.75, 3.05) is 6.61 Å². The molecule has 1 heterocycles. The van der Waals surface area contributed by atoms with Gasteiger partial charge in [-0.15, -0.1) is 0 Å². The van der Waals surface area contributed by atoms with Crippen molar-refractivity contribution in [3.05, 3.63) is 0 Å². The largest absolute Gasteiger partial charge is 0.463 e. The highest BCUT2D eigenvalue weighted by molar-refractivity contribution is 5.70. The van der Waals surface area contributed by atoms with E-state index in [1.165, 1.54) is 0 Å². The van der Waals surface area contributed by atoms with Crippen molar-refractivity contribution in [1.82, 2.24) is 0 Å². The highest BCUT2D eigenvalue weighted by Gasteiger charge is 2.46. The van der Waals surface area contributed by atoms with Crippen molar-refractivity contribution in [1.29, 1.82) is 0 Å². The predicted molar refractivity (Wildman–Crippen MR) is 82.6 cm³/mol. The number of ether oxygens (including phenoxy) is 3. The minimum Gasteiger partial charge on any atom is -0.463 e. The summed E-state index contributed by atoms with van der Waals surface area (Å²) in [6.45, 7) is 7.06. The molecule has 1 rings (SSSR count). The number of carbonyl (C=O) groups excluding carboxylic acids is 2. The topological polar surface area (TPSA) is 123 Å². The molecule has 140 valence electrons. The number of esters is 2. The lowest BCUT2D eigenvalue weighted by Crippen LogP contribution is -2.59. The summed E-state index contributed by atoms with van der Waals surface area (Å²) in [6.07, 6.45) is -6.82. The van der Waals surface area contributed by atoms with Crippen LogP contribution in [-0.4, -0.2) is 64.6 Å². The molecule has 0 spiro atoms. The molecule has 0 bridgehead atoms. The van der Waals surface area contributed by atoms with Gasteiger partial charge in [-0.3, -0.25) is 9.59 Å². The Labute approximate surface area is 141 Å². The first-order valence-corrected chi connectivity index (χ1v) is 8.16. The number of hydrogen-bond acceptors (Lipinski definition) is 8. The van der Waals surface area contributed by atoms with Gasteiger partial charge in [-0.1, -0.05) is 27.7 Å². The van der Waals surface area contributed by atoms with Crippen LogP contribution in [0.3, 0.4) is 0 Å². The molecular weight excluding hydrogens is 320 g/mol. The van der Waals surface area contributed by atoms with Gasteiger partial charge in [-0.25, -0.2) is 0 Å². The fraction of sp³-hybridized carbons (Fsp3) is 0.875. The first kappa shape index (κ1) is 20.8. The molecule has 0 aromatic heterocycles. The predicted octanol–water partition coefficient (Wildman–Crippen LogP) is -0.0274. The molecule has 1 saturated heterocycles. The van der Waals surface area contributed by atoms with Crippen molar-refractivity contribution >= 4 is 11.9 Å². The molecule has 8 heteroatoms. The molecule has 0 unspecified atom stereocenters. The van der Waals surface area contributed by atoms with Crippen LogP contribution in [0, 0.1) is 11.8 Å². The molecule has 24 heavy (non-hydrogen) atoms. The van der Waals surface area contributed by atoms with Gasteiger partial charge in [0.05, 0.1) is 0 Å². The summed E-state index contributed by atoms with van der Waals surface area (Å²) in [4.78, 5) is 23.3. The Kier molecular flexibility index (Phi) is 8.08. The van der Waals surface area contributed by atoms with Gasteiger partial charge in [0.2, 0.25) is 6.29 Å². The molecule has 0 aliphatic carbocycles. The fourth-order valence-corrected chi connectivity index (χ4v) is 2.23. The Morgan fingerprint density at radius 3 is 2.00 bits per heavy atom. The van der Waals surface area contributed by atoms with Crippen molar-refractivity contribution in [3.8, 4) is 0 Å². The van der Waals surface area contributed by atoms with Gasteiger partial charge in [0, 0.05) is 12.8 Å². The first-order valence-electron chi connectivity index (χ1n) is 8.16. The Bertz CT molecular complexity index is 420. The third-order valence-electron chi connectivity index (χ3n) is 3.47. The summed E-state index contributed by atoms with van der Waals surface area (Å²) in [6, 6.07) is 0. The Hall–Kier alpha value is -1.22. The number of aliphatic hydroxyl groups is 3. The third-order valence-corrected chi connectivity index (χ3v) is 3.47. The zero-order valence-electron chi connectivity index (χ0n) is 14.5. The molecule has 1 aliphatic rings. The van der Waals surface area contributed by atoms with E-state index in [4.69, 9.17) is 14.2 Å². The highest BCUT2D eigenvalue weighted by atomic mass is 16.7. The van der Waals surface area contributed by atoms with E-state index in [1.807, 2.05) is 27.7 Å². The SMILES string of the molecule is CC(C)CC(=O)OC[C@H]1O[C@@H](OC(=O)CC(C)C)[C@H](O)[C@@H](O)[C@@H]1O. The van der Waals surface area contributed by atoms with E-state index in [2.05, 4.69) is 0 Å². The van der Waals surface area contributed by atoms with Gasteiger partial charge < -0.3 is 29.5 Å². The van der Waals surface area contributed by atoms with E-state index in [0.29, 0.717) is 0 Å². The van der Waals surface area contributed by atoms with E-state index in [9.17, 15) is 24.9 Å². The maximum atomic E-state index is 11.7. The van der Waals surface area contributed by atoms with Gasteiger partial charge in [0.15, 0.2) is 0 Å². The summed E-state index contributed by atoms with van der Waals surface area (Å²) < 4.78 is 15.3. The minimum absolute atomic E-state index is 0.0570. The van der Waals surface area contributed by atoms with Crippen LogP contribution in [-0.2, 0) is 23.8 Å². The second kappa shape index (κ2) is 9.31. The molecule has 1 aliphatic heterocycles. The quantitative estimate of drug-likeness (QED) is 0.548. The molecule has 0 saturated carbocycles. The van der Waals surface area contributed by atoms with Crippen LogP contribution in [0.15, 0.2) is 0 Å². The number of hydrogen-bond donors (Lipinski definition) is 3. The molecule has 8 nitrogen and oxygen atoms in total. The van der Waals surface area contributed by atoms with Crippen LogP contribution < -0.4 is 0 Å². The van der Waals surface area contributed by atoms with Crippen LogP contribution in [0.1, 0.15) is 40.5 Å². The maximum Gasteiger partial charge on any atom is 0.308 e. The molecule has 0 aromatic carbocycles. The Morgan fingerprint density at radius 1 is 0.917 bits per heavy atom. The van der Waals surface area contributed by atoms with E-state index >= 15 is 0 Å². The summed E-state index contributed by atoms with van der Waals surface area (Å²) in [5, 5.41) is 29.7. The zero-order chi connectivity index (χ0) is 18.4. The fourth-order valence-electron chi connectivity index (χ4n) is 2.23. The van der Waals surface area contributed by atoms with Crippen LogP contribution in [0.25, 0.3) is 0 Å². The minimum atomic E-state index is -1.58. The zero-order valence-corrected chi connectivity index (χ0v) is 14.5. The summed E-state index contributed by atoms with van der Waals surface area (Å²) in [5.74, 6) is -0.878. The summed E-state index contributed by atoms with van der Waals surface area (Å²) in [7, 11) is 0. The molecule has 0 radical (unpaired) electrons. The van der Waals surface area contributed by atoms with Crippen molar-refractivity contribution in [2.24, 2.45) is 11.8 Å². The molecule has 1 fully saturated rings. The van der Waals surface area contributed by atoms with Gasteiger partial charge in [-0.05, 0) is 11.8 Å². The highest BCUT2D eigenvalue weighted by Crippen LogP contribution is 2.23. The maximum absolute atomic E-state index is 11.7. The van der Waals surface area contributed by atoms with E-state index < -0.39 is 42.6 Å². The van der Waals surface area contributed by atoms with Gasteiger partial charge in [0.25, 0.3) is 0 Å². The Balaban J connectivity index is 2.62. The average molecular weight is 348 g/mol. The van der Waals surface area contributed by atoms with Crippen LogP contribution in [0.2, 0.25) is 0 Å². The second-order valence-corrected chi connectivity index (χ2v) is 6.88. The molecule has 0 aromatic rings. The lowest BCUT2D eigenvalue weighted by molar-refractivity contribution is -0.293. The normalized spacial score (nSPS) is 30.5. The first-order chi connectivity index (χ1) is 11.1. The molecular formula is C16H28O8. The lowest BCUT2D eigenvalue weighted by atomic mass is 9.99. The van der Waals surface area contributed by atoms with Crippen LogP contribution in [0.4, 0.5) is 0 Å². The molecule has 0 amide bonds. The van der Waals surface area contributed by atoms with Crippen molar-refractivity contribution in [3.63, 3.8) is 0 Å². The van der Waals surface area contributed by atoms with Crippen LogP contribution in [0.5, 0.6) is 0 Å². The van der Waals surface area contributed by atoms with Crippen LogP contribution >= 0.6 is 0 Å². The molecule has 5 atom stereocenters. The Morgan fingerprint density at radius 2 is 1.46 bits per heavy atom. The third kappa shape index (κ3) is 6.35. The van der Waals surface area contributed by atoms with Gasteiger partial charge in [0.1, 0.15) is 31.0 Å². The number of rotatable bonds is 7. The number of carbonyl (C=O) groups is 2. The lowest BCUT2D eigenvalue weighted by Gasteiger charge is -2.39. The van der Waals surface area contributed by atoms with Gasteiger partial charge >= 0.3 is 11.9 Å². The second-order valence-electron chi connectivity index (χ2n) is 6.88. The molecule has 3 N–H and O–H groups in total. The van der Waals surface area contributed by atoms with E-state index in [0.717, 1.165) is 0 Å². The van der Waals surface area contributed by atoms with E-state index in [1.54, 1.807) is 0 Å². The smallest absolute Gasteiger partial charge is 0.308 e. The summed E-state index contributed by atoms with van der Waals surface area (Å²) in [5.41, 5.74) is 0. The number of aliphatic hydroxyl groups excluding tert-OH is 3. The van der Waals surface area contributed by atoms with Crippen molar-refractivity contribution < 1.29 is 39.1 Å². The van der Waals surface area contributed by atoms with Gasteiger partial charge in [-0.2, -0.15) is 0 Å². The monoisotopic (exact) mass is 348 g/mol.